The molecule has 0 radical (unpaired) electrons. The van der Waals surface area contributed by atoms with Gasteiger partial charge in [0.05, 0.1) is 6.61 Å². The zero-order valence-electron chi connectivity index (χ0n) is 22.3. The van der Waals surface area contributed by atoms with Crippen molar-refractivity contribution in [2.45, 2.75) is 36.9 Å². The quantitative estimate of drug-likeness (QED) is 0.400. The number of hydrogen-bond acceptors (Lipinski definition) is 6. The number of aryl methyl sites for hydroxylation is 1. The summed E-state index contributed by atoms with van der Waals surface area (Å²) in [4.78, 5) is 28.0. The highest BCUT2D eigenvalue weighted by Gasteiger charge is 2.44. The van der Waals surface area contributed by atoms with E-state index in [1.165, 1.54) is 21.0 Å². The summed E-state index contributed by atoms with van der Waals surface area (Å²) in [6.45, 7) is 3.85. The number of methoxy groups -OCH3 is 1. The maximum atomic E-state index is 13.7. The predicted octanol–water partition coefficient (Wildman–Crippen LogP) is 3.28. The third-order valence-corrected chi connectivity index (χ3v) is 11.7. The number of nitrogens with zero attached hydrogens (tertiary/aromatic N) is 3. The van der Waals surface area contributed by atoms with E-state index < -0.39 is 26.6 Å². The Morgan fingerprint density at radius 2 is 1.90 bits per heavy atom. The fourth-order valence-corrected chi connectivity index (χ4v) is 9.33. The molecule has 2 atom stereocenters. The minimum atomic E-state index is -3.73. The third-order valence-electron chi connectivity index (χ3n) is 7.41. The summed E-state index contributed by atoms with van der Waals surface area (Å²) in [5, 5.41) is 7.83. The molecular formula is C27H35N5O5S2. The Balaban J connectivity index is 1.42. The van der Waals surface area contributed by atoms with Gasteiger partial charge in [-0.25, -0.2) is 13.2 Å². The number of rotatable bonds is 8. The molecule has 10 nitrogen and oxygen atoms in total. The van der Waals surface area contributed by atoms with Gasteiger partial charge in [0.2, 0.25) is 15.9 Å². The van der Waals surface area contributed by atoms with Crippen LogP contribution in [0.15, 0.2) is 42.5 Å². The van der Waals surface area contributed by atoms with Gasteiger partial charge in [-0.1, -0.05) is 18.2 Å². The van der Waals surface area contributed by atoms with Gasteiger partial charge in [0, 0.05) is 67.3 Å². The van der Waals surface area contributed by atoms with Gasteiger partial charge in [0.25, 0.3) is 0 Å². The SMILES string of the molecule is CCn1c2ccccc2c2cc(NC(=O)C3CN(C(=O)NCCOC)CCN3S(=O)(=O)C3CCCS3)ccc21. The van der Waals surface area contributed by atoms with Crippen LogP contribution in [0.5, 0.6) is 0 Å². The number of nitrogens with one attached hydrogen (secondary N) is 2. The Hall–Kier alpha value is -2.80. The number of para-hydroxylation sites is 1. The first-order chi connectivity index (χ1) is 18.8. The molecule has 2 aromatic carbocycles. The van der Waals surface area contributed by atoms with Gasteiger partial charge in [-0.15, -0.1) is 11.8 Å². The van der Waals surface area contributed by atoms with E-state index in [4.69, 9.17) is 4.74 Å². The Bertz CT molecular complexity index is 1470. The topological polar surface area (TPSA) is 113 Å². The number of piperazine rings is 1. The lowest BCUT2D eigenvalue weighted by atomic mass is 10.1. The van der Waals surface area contributed by atoms with E-state index in [0.29, 0.717) is 25.3 Å². The summed E-state index contributed by atoms with van der Waals surface area (Å²) in [5.74, 6) is 0.336. The van der Waals surface area contributed by atoms with Crippen molar-refractivity contribution in [3.05, 3.63) is 42.5 Å². The number of anilines is 1. The van der Waals surface area contributed by atoms with Gasteiger partial charge in [0.1, 0.15) is 10.6 Å². The van der Waals surface area contributed by atoms with Crippen LogP contribution in [0.2, 0.25) is 0 Å². The molecule has 0 aliphatic carbocycles. The summed E-state index contributed by atoms with van der Waals surface area (Å²) < 4.78 is 35.1. The Kier molecular flexibility index (Phi) is 8.36. The number of hydrogen-bond donors (Lipinski definition) is 2. The largest absolute Gasteiger partial charge is 0.383 e. The lowest BCUT2D eigenvalue weighted by Crippen LogP contribution is -2.62. The number of fused-ring (bicyclic) bond motifs is 3. The molecule has 2 aliphatic rings. The van der Waals surface area contributed by atoms with Crippen LogP contribution in [0.3, 0.4) is 0 Å². The fourth-order valence-electron chi connectivity index (χ4n) is 5.47. The maximum Gasteiger partial charge on any atom is 0.317 e. The van der Waals surface area contributed by atoms with E-state index >= 15 is 0 Å². The highest BCUT2D eigenvalue weighted by molar-refractivity contribution is 8.12. The number of benzene rings is 2. The van der Waals surface area contributed by atoms with Crippen LogP contribution >= 0.6 is 11.8 Å². The molecule has 210 valence electrons. The molecule has 5 rings (SSSR count). The molecule has 0 spiro atoms. The lowest BCUT2D eigenvalue weighted by molar-refractivity contribution is -0.121. The van der Waals surface area contributed by atoms with Crippen molar-refractivity contribution in [3.8, 4) is 0 Å². The lowest BCUT2D eigenvalue weighted by Gasteiger charge is -2.40. The van der Waals surface area contributed by atoms with Crippen LogP contribution in [0.25, 0.3) is 21.8 Å². The highest BCUT2D eigenvalue weighted by Crippen LogP contribution is 2.35. The van der Waals surface area contributed by atoms with E-state index in [9.17, 15) is 18.0 Å². The van der Waals surface area contributed by atoms with Gasteiger partial charge in [-0.2, -0.15) is 4.31 Å². The average Bonchev–Trinajstić information content (AvgIpc) is 3.60. The molecule has 0 saturated carbocycles. The van der Waals surface area contributed by atoms with Crippen molar-refractivity contribution in [2.24, 2.45) is 0 Å². The van der Waals surface area contributed by atoms with E-state index in [0.717, 1.165) is 40.5 Å². The summed E-state index contributed by atoms with van der Waals surface area (Å²) in [6, 6.07) is 12.5. The first-order valence-electron chi connectivity index (χ1n) is 13.3. The van der Waals surface area contributed by atoms with Crippen LogP contribution < -0.4 is 10.6 Å². The van der Waals surface area contributed by atoms with Crippen LogP contribution in [0.1, 0.15) is 19.8 Å². The molecular weight excluding hydrogens is 538 g/mol. The normalized spacial score (nSPS) is 20.5. The molecule has 1 aromatic heterocycles. The Labute approximate surface area is 233 Å². The number of amides is 3. The number of aromatic nitrogens is 1. The van der Waals surface area contributed by atoms with Crippen molar-refractivity contribution < 1.29 is 22.7 Å². The number of sulfonamides is 1. The monoisotopic (exact) mass is 573 g/mol. The summed E-state index contributed by atoms with van der Waals surface area (Å²) in [5.41, 5.74) is 2.77. The zero-order chi connectivity index (χ0) is 27.6. The average molecular weight is 574 g/mol. The van der Waals surface area contributed by atoms with Crippen LogP contribution in [-0.4, -0.2) is 90.4 Å². The second-order valence-corrected chi connectivity index (χ2v) is 13.4. The molecule has 0 bridgehead atoms. The van der Waals surface area contributed by atoms with Gasteiger partial charge < -0.3 is 24.8 Å². The standard InChI is InChI=1S/C27H35N5O5S2/c1-3-31-22-8-5-4-7-20(22)21-17-19(10-11-23(21)31)29-26(33)24-18-30(27(34)28-12-15-37-2)13-14-32(24)39(35,36)25-9-6-16-38-25/h4-5,7-8,10-11,17,24-25H,3,6,9,12-16,18H2,1-2H3,(H,28,34)(H,29,33). The molecule has 2 fully saturated rings. The summed E-state index contributed by atoms with van der Waals surface area (Å²) in [6.07, 6.45) is 1.40. The number of thioether (sulfide) groups is 1. The summed E-state index contributed by atoms with van der Waals surface area (Å²) >= 11 is 1.42. The van der Waals surface area contributed by atoms with Crippen molar-refractivity contribution >= 4 is 61.2 Å². The smallest absolute Gasteiger partial charge is 0.317 e. The molecule has 2 saturated heterocycles. The van der Waals surface area contributed by atoms with Gasteiger partial charge in [-0.05, 0) is 49.8 Å². The highest BCUT2D eigenvalue weighted by atomic mass is 32.3. The molecule has 3 heterocycles. The van der Waals surface area contributed by atoms with Crippen molar-refractivity contribution in [1.82, 2.24) is 19.1 Å². The van der Waals surface area contributed by atoms with E-state index in [1.54, 1.807) is 7.11 Å². The maximum absolute atomic E-state index is 13.7. The zero-order valence-corrected chi connectivity index (χ0v) is 23.9. The van der Waals surface area contributed by atoms with Crippen molar-refractivity contribution in [2.75, 3.05) is 51.0 Å². The minimum Gasteiger partial charge on any atom is -0.383 e. The molecule has 39 heavy (non-hydrogen) atoms. The third kappa shape index (κ3) is 5.47. The van der Waals surface area contributed by atoms with Crippen LogP contribution in [0, 0.1) is 0 Å². The van der Waals surface area contributed by atoms with Gasteiger partial charge in [0.15, 0.2) is 0 Å². The van der Waals surface area contributed by atoms with Crippen LogP contribution in [0.4, 0.5) is 10.5 Å². The predicted molar refractivity (Wildman–Crippen MR) is 155 cm³/mol. The fraction of sp³-hybridized carbons (Fsp3) is 0.481. The number of carbonyl (C=O) groups is 2. The Morgan fingerprint density at radius 1 is 1.10 bits per heavy atom. The molecule has 3 aromatic rings. The first-order valence-corrected chi connectivity index (χ1v) is 15.9. The van der Waals surface area contributed by atoms with Gasteiger partial charge >= 0.3 is 6.03 Å². The van der Waals surface area contributed by atoms with Crippen LogP contribution in [-0.2, 0) is 26.1 Å². The number of urea groups is 1. The molecule has 12 heteroatoms. The second kappa shape index (κ2) is 11.7. The Morgan fingerprint density at radius 3 is 2.64 bits per heavy atom. The van der Waals surface area contributed by atoms with E-state index in [-0.39, 0.29) is 25.7 Å². The number of carbonyl (C=O) groups excluding carboxylic acids is 2. The molecule has 2 unspecified atom stereocenters. The van der Waals surface area contributed by atoms with E-state index in [1.807, 2.05) is 30.3 Å². The minimum absolute atomic E-state index is 0.0291. The van der Waals surface area contributed by atoms with E-state index in [2.05, 4.69) is 34.3 Å². The van der Waals surface area contributed by atoms with Gasteiger partial charge in [-0.3, -0.25) is 4.79 Å². The second-order valence-electron chi connectivity index (χ2n) is 9.77. The molecule has 2 N–H and O–H groups in total. The van der Waals surface area contributed by atoms with Crippen molar-refractivity contribution in [1.29, 1.82) is 0 Å². The number of ether oxygens (including phenoxy) is 1. The first kappa shape index (κ1) is 27.8. The summed E-state index contributed by atoms with van der Waals surface area (Å²) in [7, 11) is -2.18. The van der Waals surface area contributed by atoms with Crippen molar-refractivity contribution in [3.63, 3.8) is 0 Å². The molecule has 2 aliphatic heterocycles. The molecule has 3 amide bonds.